The van der Waals surface area contributed by atoms with Gasteiger partial charge < -0.3 is 15.2 Å². The number of hydrogen-bond acceptors (Lipinski definition) is 5. The van der Waals surface area contributed by atoms with Gasteiger partial charge in [0.15, 0.2) is 0 Å². The summed E-state index contributed by atoms with van der Waals surface area (Å²) in [5.74, 6) is -1.83. The van der Waals surface area contributed by atoms with Gasteiger partial charge in [0.2, 0.25) is 0 Å². The third-order valence-electron chi connectivity index (χ3n) is 7.73. The SMILES string of the molecule is COc1cc(C(=O)O)ccc1N=C1Pc2c(Cl)cccc2[C@H]2[C@H]1N[C@@H](CC(C)(C)C)[C@]2(C#N)c1ccc(Cl)cc1F. The Bertz CT molecular complexity index is 1620. The molecule has 0 aliphatic carbocycles. The molecule has 212 valence electrons. The van der Waals surface area contributed by atoms with Crippen molar-refractivity contribution in [2.24, 2.45) is 10.4 Å². The van der Waals surface area contributed by atoms with Crippen molar-refractivity contribution in [1.29, 1.82) is 5.26 Å². The van der Waals surface area contributed by atoms with Gasteiger partial charge >= 0.3 is 5.97 Å². The van der Waals surface area contributed by atoms with Crippen LogP contribution < -0.4 is 15.4 Å². The molecule has 0 radical (unpaired) electrons. The van der Waals surface area contributed by atoms with Gasteiger partial charge in [0.05, 0.1) is 30.2 Å². The van der Waals surface area contributed by atoms with Gasteiger partial charge in [0.1, 0.15) is 22.7 Å². The number of nitriles is 1. The summed E-state index contributed by atoms with van der Waals surface area (Å²) in [6.45, 7) is 6.27. The van der Waals surface area contributed by atoms with Crippen LogP contribution in [-0.2, 0) is 5.41 Å². The number of carboxylic acids is 1. The van der Waals surface area contributed by atoms with Gasteiger partial charge in [-0.3, -0.25) is 0 Å². The van der Waals surface area contributed by atoms with Crippen molar-refractivity contribution < 1.29 is 19.0 Å². The van der Waals surface area contributed by atoms with E-state index in [4.69, 9.17) is 32.9 Å². The molecule has 0 aromatic heterocycles. The molecule has 2 N–H and O–H groups in total. The van der Waals surface area contributed by atoms with E-state index in [2.05, 4.69) is 32.2 Å². The zero-order chi connectivity index (χ0) is 29.7. The Morgan fingerprint density at radius 2 is 1.98 bits per heavy atom. The first-order chi connectivity index (χ1) is 19.4. The summed E-state index contributed by atoms with van der Waals surface area (Å²) >= 11 is 12.9. The van der Waals surface area contributed by atoms with E-state index >= 15 is 4.39 Å². The molecule has 5 atom stereocenters. The first-order valence-electron chi connectivity index (χ1n) is 13.1. The summed E-state index contributed by atoms with van der Waals surface area (Å²) in [7, 11) is 1.52. The summed E-state index contributed by atoms with van der Waals surface area (Å²) in [5, 5.41) is 25.9. The van der Waals surface area contributed by atoms with Gasteiger partial charge in [-0.1, -0.05) is 62.2 Å². The molecule has 0 amide bonds. The summed E-state index contributed by atoms with van der Waals surface area (Å²) in [4.78, 5) is 16.5. The van der Waals surface area contributed by atoms with Gasteiger partial charge in [0, 0.05) is 32.9 Å². The molecule has 0 saturated carbocycles. The van der Waals surface area contributed by atoms with Crippen molar-refractivity contribution >= 4 is 54.2 Å². The lowest BCUT2D eigenvalue weighted by molar-refractivity contribution is 0.0696. The number of aromatic carboxylic acids is 1. The van der Waals surface area contributed by atoms with Gasteiger partial charge in [-0.05, 0) is 62.4 Å². The fourth-order valence-electron chi connectivity index (χ4n) is 6.07. The Hall–Kier alpha value is -3.01. The number of hydrogen-bond donors (Lipinski definition) is 2. The molecule has 0 spiro atoms. The average molecular weight is 612 g/mol. The van der Waals surface area contributed by atoms with E-state index in [9.17, 15) is 15.2 Å². The van der Waals surface area contributed by atoms with Crippen molar-refractivity contribution in [2.75, 3.05) is 7.11 Å². The van der Waals surface area contributed by atoms with Crippen molar-refractivity contribution in [3.8, 4) is 11.8 Å². The summed E-state index contributed by atoms with van der Waals surface area (Å²) in [5.41, 5.74) is 0.912. The van der Waals surface area contributed by atoms with E-state index < -0.39 is 35.2 Å². The van der Waals surface area contributed by atoms with Crippen LogP contribution in [-0.4, -0.2) is 35.7 Å². The second-order valence-corrected chi connectivity index (χ2v) is 13.7. The second kappa shape index (κ2) is 11.0. The first-order valence-corrected chi connectivity index (χ1v) is 14.8. The van der Waals surface area contributed by atoms with Gasteiger partial charge in [-0.25, -0.2) is 14.2 Å². The van der Waals surface area contributed by atoms with E-state index in [1.54, 1.807) is 24.3 Å². The van der Waals surface area contributed by atoms with Crippen LogP contribution in [0.25, 0.3) is 0 Å². The minimum Gasteiger partial charge on any atom is -0.494 e. The minimum absolute atomic E-state index is 0.0593. The van der Waals surface area contributed by atoms with Crippen LogP contribution in [0.1, 0.15) is 54.6 Å². The molecular weight excluding hydrogens is 583 g/mol. The van der Waals surface area contributed by atoms with Crippen molar-refractivity contribution in [3.05, 3.63) is 87.2 Å². The fourth-order valence-corrected chi connectivity index (χ4v) is 7.98. The molecule has 3 aromatic carbocycles. The number of aliphatic imine (C=N–C) groups is 1. The van der Waals surface area contributed by atoms with E-state index in [0.717, 1.165) is 16.3 Å². The summed E-state index contributed by atoms with van der Waals surface area (Å²) in [6.07, 6.45) is 0.582. The topological polar surface area (TPSA) is 94.7 Å². The van der Waals surface area contributed by atoms with Crippen LogP contribution in [0.4, 0.5) is 10.1 Å². The van der Waals surface area contributed by atoms with Crippen LogP contribution in [0.5, 0.6) is 5.75 Å². The largest absolute Gasteiger partial charge is 0.494 e. The lowest BCUT2D eigenvalue weighted by atomic mass is 9.63. The molecule has 41 heavy (non-hydrogen) atoms. The number of carbonyl (C=O) groups is 1. The molecule has 10 heteroatoms. The molecule has 2 aliphatic rings. The number of benzene rings is 3. The minimum atomic E-state index is -1.31. The number of halogens is 3. The Morgan fingerprint density at radius 3 is 2.61 bits per heavy atom. The third-order valence-corrected chi connectivity index (χ3v) is 9.92. The Kier molecular flexibility index (Phi) is 7.91. The zero-order valence-electron chi connectivity index (χ0n) is 22.9. The van der Waals surface area contributed by atoms with Crippen LogP contribution in [0.3, 0.4) is 0 Å². The van der Waals surface area contributed by atoms with Crippen LogP contribution in [0.2, 0.25) is 10.0 Å². The zero-order valence-corrected chi connectivity index (χ0v) is 25.4. The lowest BCUT2D eigenvalue weighted by Crippen LogP contribution is -2.45. The highest BCUT2D eigenvalue weighted by Gasteiger charge is 2.61. The fraction of sp³-hybridized carbons (Fsp3) is 0.323. The number of methoxy groups -OCH3 is 1. The van der Waals surface area contributed by atoms with Crippen LogP contribution in [0, 0.1) is 22.6 Å². The van der Waals surface area contributed by atoms with Gasteiger partial charge in [-0.2, -0.15) is 5.26 Å². The highest BCUT2D eigenvalue weighted by atomic mass is 35.5. The first kappa shape index (κ1) is 29.5. The number of rotatable bonds is 5. The van der Waals surface area contributed by atoms with E-state index in [1.165, 1.54) is 25.3 Å². The average Bonchev–Trinajstić information content (AvgIpc) is 3.23. The maximum atomic E-state index is 15.8. The molecule has 3 aromatic rings. The Morgan fingerprint density at radius 1 is 1.22 bits per heavy atom. The standard InChI is InChI=1S/C31H29Cl2FN3O3P/c1-30(2,3)14-24-31(15-35,19-10-9-17(32)13-21(19)34)25-18-6-5-7-20(33)27(18)41-28(26(25)37-24)36-22-11-8-16(29(38)39)12-23(22)40-4/h5-13,24-26,37,41H,14H2,1-4H3,(H,38,39)/t24-,25-,26+,31-/m0/s1. The van der Waals surface area contributed by atoms with Crippen molar-refractivity contribution in [3.63, 3.8) is 0 Å². The van der Waals surface area contributed by atoms with Crippen molar-refractivity contribution in [2.45, 2.75) is 50.6 Å². The molecule has 2 heterocycles. The molecule has 6 nitrogen and oxygen atoms in total. The number of fused-ring (bicyclic) bond motifs is 3. The predicted octanol–water partition coefficient (Wildman–Crippen LogP) is 7.21. The highest BCUT2D eigenvalue weighted by Crippen LogP contribution is 2.56. The number of nitrogens with zero attached hydrogens (tertiary/aromatic N) is 2. The smallest absolute Gasteiger partial charge is 0.335 e. The summed E-state index contributed by atoms with van der Waals surface area (Å²) in [6, 6.07) is 16.3. The van der Waals surface area contributed by atoms with E-state index in [1.807, 2.05) is 12.1 Å². The maximum absolute atomic E-state index is 15.8. The predicted molar refractivity (Wildman–Crippen MR) is 163 cm³/mol. The quantitative estimate of drug-likeness (QED) is 0.297. The van der Waals surface area contributed by atoms with Crippen LogP contribution >= 0.6 is 31.8 Å². The van der Waals surface area contributed by atoms with Gasteiger partial charge in [-0.15, -0.1) is 0 Å². The molecular formula is C31H29Cl2FN3O3P. The monoisotopic (exact) mass is 611 g/mol. The maximum Gasteiger partial charge on any atom is 0.335 e. The van der Waals surface area contributed by atoms with Gasteiger partial charge in [0.25, 0.3) is 0 Å². The molecule has 1 saturated heterocycles. The molecule has 5 rings (SSSR count). The van der Waals surface area contributed by atoms with Crippen molar-refractivity contribution in [1.82, 2.24) is 5.32 Å². The second-order valence-electron chi connectivity index (χ2n) is 11.6. The number of ether oxygens (including phenoxy) is 1. The van der Waals surface area contributed by atoms with E-state index in [-0.39, 0.29) is 30.1 Å². The van der Waals surface area contributed by atoms with E-state index in [0.29, 0.717) is 22.9 Å². The third kappa shape index (κ3) is 5.24. The highest BCUT2D eigenvalue weighted by molar-refractivity contribution is 7.66. The molecule has 0 bridgehead atoms. The lowest BCUT2D eigenvalue weighted by Gasteiger charge is -2.39. The molecule has 1 unspecified atom stereocenters. The summed E-state index contributed by atoms with van der Waals surface area (Å²) < 4.78 is 21.3. The Labute approximate surface area is 250 Å². The molecule has 2 aliphatic heterocycles. The normalized spacial score (nSPS) is 25.0. The molecule has 1 fully saturated rings. The number of carboxylic acid groups (broad SMARTS) is 1. The Balaban J connectivity index is 1.78. The number of nitrogens with one attached hydrogen (secondary N) is 1. The van der Waals surface area contributed by atoms with Crippen LogP contribution in [0.15, 0.2) is 59.6 Å².